The Morgan fingerprint density at radius 2 is 1.61 bits per heavy atom. The lowest BCUT2D eigenvalue weighted by atomic mass is 10.3. The summed E-state index contributed by atoms with van der Waals surface area (Å²) in [7, 11) is -2.10. The van der Waals surface area contributed by atoms with Gasteiger partial charge in [0.15, 0.2) is 29.3 Å². The van der Waals surface area contributed by atoms with Crippen LogP contribution in [0.2, 0.25) is 0 Å². The first-order valence-electron chi connectivity index (χ1n) is 11.1. The van der Waals surface area contributed by atoms with Gasteiger partial charge in [-0.3, -0.25) is 0 Å². The van der Waals surface area contributed by atoms with Crippen LogP contribution in [-0.2, 0) is 15.8 Å². The van der Waals surface area contributed by atoms with E-state index in [9.17, 15) is 4.57 Å². The predicted octanol–water partition coefficient (Wildman–Crippen LogP) is 4.10. The van der Waals surface area contributed by atoms with E-state index in [1.807, 2.05) is 4.57 Å². The largest absolute Gasteiger partial charge is 0.456 e. The zero-order valence-corrected chi connectivity index (χ0v) is 20.6. The maximum atomic E-state index is 13.8. The first kappa shape index (κ1) is 23.8. The Labute approximate surface area is 207 Å². The van der Waals surface area contributed by atoms with Crippen molar-refractivity contribution in [1.82, 2.24) is 9.55 Å². The van der Waals surface area contributed by atoms with Crippen LogP contribution >= 0.6 is 7.60 Å². The molecule has 2 aliphatic rings. The monoisotopic (exact) mass is 516 g/mol. The number of anilines is 1. The number of imidazole rings is 1. The number of benzene rings is 2. The van der Waals surface area contributed by atoms with E-state index in [0.717, 1.165) is 0 Å². The van der Waals surface area contributed by atoms with Crippen molar-refractivity contribution in [3.8, 4) is 34.5 Å². The summed E-state index contributed by atoms with van der Waals surface area (Å²) >= 11 is 0. The molecule has 2 N–H and O–H groups in total. The molecule has 12 nitrogen and oxygen atoms in total. The lowest BCUT2D eigenvalue weighted by molar-refractivity contribution is 0.151. The molecule has 0 saturated carbocycles. The Kier molecular flexibility index (Phi) is 6.62. The zero-order chi connectivity index (χ0) is 25.1. The summed E-state index contributed by atoms with van der Waals surface area (Å²) in [6.07, 6.45) is 1.30. The number of hydrogen-bond acceptors (Lipinski definition) is 11. The first-order chi connectivity index (χ1) is 17.4. The van der Waals surface area contributed by atoms with E-state index >= 15 is 0 Å². The van der Waals surface area contributed by atoms with Gasteiger partial charge in [0.1, 0.15) is 23.0 Å². The number of hydrogen-bond donors (Lipinski definition) is 2. The van der Waals surface area contributed by atoms with Gasteiger partial charge in [-0.15, -0.1) is 0 Å². The highest BCUT2D eigenvalue weighted by atomic mass is 31.2. The van der Waals surface area contributed by atoms with Gasteiger partial charge in [0.05, 0.1) is 18.6 Å². The molecule has 3 aromatic rings. The molecule has 2 aliphatic heterocycles. The van der Waals surface area contributed by atoms with Gasteiger partial charge in [-0.1, -0.05) is 0 Å². The molecule has 0 bridgehead atoms. The summed E-state index contributed by atoms with van der Waals surface area (Å²) in [6, 6.07) is 9.76. The van der Waals surface area contributed by atoms with Gasteiger partial charge in [-0.25, -0.2) is 9.55 Å². The Morgan fingerprint density at radius 3 is 2.17 bits per heavy atom. The van der Waals surface area contributed by atoms with Crippen LogP contribution < -0.4 is 33.3 Å². The molecular weight excluding hydrogens is 491 g/mol. The minimum atomic E-state index is -3.85. The molecule has 0 radical (unpaired) electrons. The zero-order valence-electron chi connectivity index (χ0n) is 19.7. The third-order valence-electron chi connectivity index (χ3n) is 5.33. The smallest absolute Gasteiger partial charge is 0.454 e. The van der Waals surface area contributed by atoms with Crippen molar-refractivity contribution < 1.29 is 37.3 Å². The Morgan fingerprint density at radius 1 is 1.03 bits per heavy atom. The van der Waals surface area contributed by atoms with Crippen LogP contribution in [0, 0.1) is 5.41 Å². The van der Waals surface area contributed by atoms with Gasteiger partial charge in [0, 0.05) is 25.7 Å². The number of nitrogens with one attached hydrogen (secondary N) is 2. The Bertz CT molecular complexity index is 1260. The van der Waals surface area contributed by atoms with Crippen molar-refractivity contribution in [3.63, 3.8) is 0 Å². The van der Waals surface area contributed by atoms with Crippen LogP contribution in [0.5, 0.6) is 34.5 Å². The number of aromatic nitrogens is 2. The molecule has 2 aromatic carbocycles. The van der Waals surface area contributed by atoms with Crippen molar-refractivity contribution in [2.45, 2.75) is 13.5 Å². The summed E-state index contributed by atoms with van der Waals surface area (Å²) in [4.78, 5) is 4.25. The fraction of sp³-hybridized carbons (Fsp3) is 0.304. The van der Waals surface area contributed by atoms with Crippen molar-refractivity contribution in [1.29, 1.82) is 5.41 Å². The van der Waals surface area contributed by atoms with Crippen molar-refractivity contribution in [3.05, 3.63) is 48.4 Å². The standard InChI is InChI=1S/C23H25N4O8P/c1-15(24)22-23(25-2)27(11-26-22)7-8-29-14-36(28,34-16-3-5-18-20(9-16)32-12-30-18)35-17-4-6-19-21(10-17)33-13-31-19/h3-6,9-11,24-25H,7-8,12-14H2,1-2H3. The second-order valence-corrected chi connectivity index (χ2v) is 9.72. The van der Waals surface area contributed by atoms with E-state index < -0.39 is 7.60 Å². The molecule has 190 valence electrons. The van der Waals surface area contributed by atoms with Crippen LogP contribution in [0.3, 0.4) is 0 Å². The van der Waals surface area contributed by atoms with Gasteiger partial charge in [-0.2, -0.15) is 0 Å². The molecule has 13 heteroatoms. The molecule has 0 fully saturated rings. The van der Waals surface area contributed by atoms with Crippen LogP contribution in [0.1, 0.15) is 12.6 Å². The summed E-state index contributed by atoms with van der Waals surface area (Å²) < 4.78 is 54.4. The quantitative estimate of drug-likeness (QED) is 0.218. The van der Waals surface area contributed by atoms with Crippen molar-refractivity contribution in [2.24, 2.45) is 0 Å². The number of nitrogens with zero attached hydrogens (tertiary/aromatic N) is 2. The van der Waals surface area contributed by atoms with Gasteiger partial charge in [0.25, 0.3) is 0 Å². The lowest BCUT2D eigenvalue weighted by Gasteiger charge is -2.20. The molecule has 0 saturated heterocycles. The summed E-state index contributed by atoms with van der Waals surface area (Å²) in [5.41, 5.74) is 0.901. The third-order valence-corrected chi connectivity index (χ3v) is 6.81. The third kappa shape index (κ3) is 5.05. The maximum absolute atomic E-state index is 13.8. The summed E-state index contributed by atoms with van der Waals surface area (Å²) in [6.45, 7) is 2.48. The van der Waals surface area contributed by atoms with Gasteiger partial charge >= 0.3 is 7.60 Å². The second kappa shape index (κ2) is 10.00. The molecule has 0 aliphatic carbocycles. The van der Waals surface area contributed by atoms with Gasteiger partial charge < -0.3 is 48.0 Å². The molecule has 0 spiro atoms. The SMILES string of the molecule is CNc1c(C(C)=N)ncn1CCOCP(=O)(Oc1ccc2c(c1)OCO2)Oc1ccc2c(c1)OCO2. The molecule has 5 rings (SSSR count). The summed E-state index contributed by atoms with van der Waals surface area (Å²) in [5, 5.41) is 10.9. The Balaban J connectivity index is 1.30. The average molecular weight is 516 g/mol. The minimum Gasteiger partial charge on any atom is -0.454 e. The normalized spacial score (nSPS) is 13.5. The molecule has 0 amide bonds. The number of fused-ring (bicyclic) bond motifs is 2. The van der Waals surface area contributed by atoms with Crippen LogP contribution in [0.4, 0.5) is 5.82 Å². The highest BCUT2D eigenvalue weighted by molar-refractivity contribution is 7.54. The lowest BCUT2D eigenvalue weighted by Crippen LogP contribution is -2.13. The highest BCUT2D eigenvalue weighted by Crippen LogP contribution is 2.51. The highest BCUT2D eigenvalue weighted by Gasteiger charge is 2.31. The van der Waals surface area contributed by atoms with E-state index in [2.05, 4.69) is 10.3 Å². The van der Waals surface area contributed by atoms with Gasteiger partial charge in [-0.05, 0) is 31.2 Å². The molecular formula is C23H25N4O8P. The van der Waals surface area contributed by atoms with Crippen molar-refractivity contribution in [2.75, 3.05) is 38.9 Å². The fourth-order valence-electron chi connectivity index (χ4n) is 3.69. The van der Waals surface area contributed by atoms with E-state index in [4.69, 9.17) is 38.1 Å². The van der Waals surface area contributed by atoms with E-state index in [-0.39, 0.29) is 38.0 Å². The minimum absolute atomic E-state index is 0.106. The summed E-state index contributed by atoms with van der Waals surface area (Å²) in [5.74, 6) is 3.38. The van der Waals surface area contributed by atoms with Crippen molar-refractivity contribution >= 4 is 19.1 Å². The number of ether oxygens (including phenoxy) is 5. The fourth-order valence-corrected chi connectivity index (χ4v) is 5.05. The van der Waals surface area contributed by atoms with Crippen LogP contribution in [0.15, 0.2) is 42.7 Å². The molecule has 3 heterocycles. The predicted molar refractivity (Wildman–Crippen MR) is 129 cm³/mol. The topological polar surface area (TPSA) is 135 Å². The first-order valence-corrected chi connectivity index (χ1v) is 12.8. The Hall–Kier alpha value is -3.89. The second-order valence-electron chi connectivity index (χ2n) is 7.87. The number of rotatable bonds is 11. The van der Waals surface area contributed by atoms with E-state index in [1.165, 1.54) is 0 Å². The van der Waals surface area contributed by atoms with Crippen LogP contribution in [0.25, 0.3) is 0 Å². The molecule has 0 unspecified atom stereocenters. The molecule has 36 heavy (non-hydrogen) atoms. The maximum Gasteiger partial charge on any atom is 0.456 e. The van der Waals surface area contributed by atoms with Gasteiger partial charge in [0.2, 0.25) is 13.6 Å². The molecule has 0 atom stereocenters. The van der Waals surface area contributed by atoms with E-state index in [1.54, 1.807) is 56.7 Å². The molecule has 1 aromatic heterocycles. The van der Waals surface area contributed by atoms with Crippen LogP contribution in [-0.4, -0.2) is 48.9 Å². The average Bonchev–Trinajstić information content (AvgIpc) is 3.60. The van der Waals surface area contributed by atoms with E-state index in [0.29, 0.717) is 46.8 Å².